The Bertz CT molecular complexity index is 4600. The largest absolute Gasteiger partial charge is 0.456 e. The van der Waals surface area contributed by atoms with Gasteiger partial charge in [-0.3, -0.25) is 0 Å². The standard InChI is InChI=1S/C51H34O/c1-51(2)44-18-10-9-13-37(44)38-26-23-34(30-45(38)51)31-19-21-33(22-20-31)48-39-14-5-7-16-41(39)49(42-17-8-6-15-40(42)48)35-25-27-46-43(29-35)50-36-12-4-3-11-32(36)24-28-47(50)52-46/h3-30H,1-2H3/i3D,4D,5D,6D,7D,8D,9D,10D,11D,12D,13D,14D,15D,16D,17D,18D,19D,20D,21D,22D,23D,24D,25D,26D,27D,28D,29D,30D. The van der Waals surface area contributed by atoms with Gasteiger partial charge >= 0.3 is 0 Å². The van der Waals surface area contributed by atoms with E-state index in [1.165, 1.54) is 13.8 Å². The quantitative estimate of drug-likeness (QED) is 0.168. The Hall–Kier alpha value is -6.44. The highest BCUT2D eigenvalue weighted by Crippen LogP contribution is 2.50. The van der Waals surface area contributed by atoms with Crippen molar-refractivity contribution in [3.63, 3.8) is 0 Å². The van der Waals surface area contributed by atoms with Crippen LogP contribution in [0.4, 0.5) is 0 Å². The van der Waals surface area contributed by atoms with Gasteiger partial charge in [0.25, 0.3) is 0 Å². The second-order valence-electron chi connectivity index (χ2n) is 12.6. The van der Waals surface area contributed by atoms with Crippen molar-refractivity contribution >= 4 is 54.3 Å². The maximum Gasteiger partial charge on any atom is 0.136 e. The first kappa shape index (κ1) is 13.0. The van der Waals surface area contributed by atoms with E-state index in [1.807, 2.05) is 0 Å². The number of hydrogen-bond donors (Lipinski definition) is 0. The fourth-order valence-electron chi connectivity index (χ4n) is 7.05. The molecule has 11 rings (SSSR count). The van der Waals surface area contributed by atoms with E-state index < -0.39 is 262 Å². The minimum atomic E-state index is -1.48. The van der Waals surface area contributed by atoms with Gasteiger partial charge < -0.3 is 4.42 Å². The van der Waals surface area contributed by atoms with E-state index >= 15 is 0 Å². The number of rotatable bonds is 3. The topological polar surface area (TPSA) is 13.1 Å². The highest BCUT2D eigenvalue weighted by molar-refractivity contribution is 6.23. The fraction of sp³-hybridized carbons (Fsp3) is 0.0588. The van der Waals surface area contributed by atoms with Crippen molar-refractivity contribution in [2.75, 3.05) is 0 Å². The van der Waals surface area contributed by atoms with Crippen LogP contribution in [0, 0.1) is 0 Å². The zero-order chi connectivity index (χ0) is 58.9. The Morgan fingerprint density at radius 3 is 1.67 bits per heavy atom. The molecule has 1 nitrogen and oxygen atoms in total. The molecule has 0 aliphatic heterocycles. The summed E-state index contributed by atoms with van der Waals surface area (Å²) in [5.74, 6) is 0. The van der Waals surface area contributed by atoms with Crippen molar-refractivity contribution < 1.29 is 42.8 Å². The van der Waals surface area contributed by atoms with Crippen LogP contribution in [0.3, 0.4) is 0 Å². The molecule has 0 spiro atoms. The smallest absolute Gasteiger partial charge is 0.136 e. The zero-order valence-corrected chi connectivity index (χ0v) is 26.9. The van der Waals surface area contributed by atoms with E-state index in [2.05, 4.69) is 0 Å². The van der Waals surface area contributed by atoms with Crippen molar-refractivity contribution in [2.45, 2.75) is 19.3 Å². The first-order valence-corrected chi connectivity index (χ1v) is 15.9. The van der Waals surface area contributed by atoms with Crippen LogP contribution in [0.1, 0.15) is 63.4 Å². The van der Waals surface area contributed by atoms with Crippen molar-refractivity contribution in [2.24, 2.45) is 0 Å². The summed E-state index contributed by atoms with van der Waals surface area (Å²) < 4.78 is 262. The van der Waals surface area contributed by atoms with Gasteiger partial charge in [0.15, 0.2) is 0 Å². The van der Waals surface area contributed by atoms with Crippen molar-refractivity contribution in [1.82, 2.24) is 0 Å². The zero-order valence-electron chi connectivity index (χ0n) is 54.9. The molecular weight excluding hydrogens is 629 g/mol. The number of fused-ring (bicyclic) bond motifs is 10. The van der Waals surface area contributed by atoms with Crippen LogP contribution in [-0.4, -0.2) is 0 Å². The van der Waals surface area contributed by atoms with E-state index in [9.17, 15) is 19.2 Å². The lowest BCUT2D eigenvalue weighted by atomic mass is 9.81. The van der Waals surface area contributed by atoms with Gasteiger partial charge in [-0.1, -0.05) is 159 Å². The van der Waals surface area contributed by atoms with E-state index in [0.717, 1.165) is 0 Å². The summed E-state index contributed by atoms with van der Waals surface area (Å²) in [5, 5.41) is -4.73. The van der Waals surface area contributed by atoms with Gasteiger partial charge in [0, 0.05) is 16.2 Å². The predicted molar refractivity (Wildman–Crippen MR) is 220 cm³/mol. The van der Waals surface area contributed by atoms with Gasteiger partial charge in [0.05, 0.1) is 38.4 Å². The Kier molecular flexibility index (Phi) is 2.69. The molecule has 9 aromatic carbocycles. The number of hydrogen-bond acceptors (Lipinski definition) is 1. The lowest BCUT2D eigenvalue weighted by molar-refractivity contribution is 0.660. The molecule has 10 aromatic rings. The molecule has 0 amide bonds. The number of benzene rings is 9. The van der Waals surface area contributed by atoms with E-state index in [-0.39, 0.29) is 22.3 Å². The van der Waals surface area contributed by atoms with Crippen LogP contribution in [0.15, 0.2) is 174 Å². The molecule has 0 unspecified atom stereocenters. The SMILES string of the molecule is [2H]c1c([2H])c([2H])c2c(c1[2H])-c1c([2H])c([2H])c(-c3c([2H])c([2H])c(-c4c5c([2H])c([2H])c([2H])c([2H])c5c(-c5c([2H])c([2H])c6oc7c([2H])c([2H])c8c([2H])c([2H])c([2H])c([2H])c8c7c6c5[2H])c5c([2H])c([2H])c([2H])c([2H])c45)c([2H])c3[2H])c([2H])c1C2(C)C. The molecule has 0 atom stereocenters. The van der Waals surface area contributed by atoms with Crippen LogP contribution < -0.4 is 0 Å². The third-order valence-electron chi connectivity index (χ3n) is 9.45. The molecular formula is C51H34O. The van der Waals surface area contributed by atoms with Gasteiger partial charge in [-0.25, -0.2) is 0 Å². The minimum Gasteiger partial charge on any atom is -0.456 e. The van der Waals surface area contributed by atoms with Gasteiger partial charge in [-0.15, -0.1) is 0 Å². The second-order valence-corrected chi connectivity index (χ2v) is 12.6. The molecule has 1 aliphatic carbocycles. The summed E-state index contributed by atoms with van der Waals surface area (Å²) in [6.07, 6.45) is 0. The summed E-state index contributed by atoms with van der Waals surface area (Å²) in [6, 6.07) is -23.7. The molecule has 0 bridgehead atoms. The van der Waals surface area contributed by atoms with E-state index in [1.54, 1.807) is 0 Å². The minimum absolute atomic E-state index is 0.00409. The lowest BCUT2D eigenvalue weighted by Gasteiger charge is -2.22. The van der Waals surface area contributed by atoms with Gasteiger partial charge in [-0.2, -0.15) is 0 Å². The van der Waals surface area contributed by atoms with Gasteiger partial charge in [-0.05, 0) is 112 Å². The lowest BCUT2D eigenvalue weighted by Crippen LogP contribution is -2.14. The third-order valence-corrected chi connectivity index (χ3v) is 9.45. The molecule has 1 heteroatoms. The molecule has 0 N–H and O–H groups in total. The molecule has 0 saturated carbocycles. The average Bonchev–Trinajstić information content (AvgIpc) is 4.02. The summed E-state index contributed by atoms with van der Waals surface area (Å²) >= 11 is 0. The van der Waals surface area contributed by atoms with Crippen LogP contribution in [0.5, 0.6) is 0 Å². The van der Waals surface area contributed by atoms with Gasteiger partial charge in [0.2, 0.25) is 0 Å². The van der Waals surface area contributed by atoms with Crippen molar-refractivity contribution in [3.8, 4) is 44.5 Å². The first-order chi connectivity index (χ1) is 37.2. The number of furan rings is 1. The summed E-state index contributed by atoms with van der Waals surface area (Å²) in [4.78, 5) is 0. The van der Waals surface area contributed by atoms with E-state index in [4.69, 9.17) is 23.6 Å². The average molecular weight is 691 g/mol. The summed E-state index contributed by atoms with van der Waals surface area (Å²) in [6.45, 7) is 3.04. The van der Waals surface area contributed by atoms with Crippen LogP contribution in [-0.2, 0) is 5.41 Å². The Morgan fingerprint density at radius 2 is 0.942 bits per heavy atom. The van der Waals surface area contributed by atoms with Crippen molar-refractivity contribution in [3.05, 3.63) is 180 Å². The predicted octanol–water partition coefficient (Wildman–Crippen LogP) is 14.4. The Labute approximate surface area is 341 Å². The molecule has 52 heavy (non-hydrogen) atoms. The summed E-state index contributed by atoms with van der Waals surface area (Å²) in [7, 11) is 0. The normalized spacial score (nSPS) is 20.9. The highest BCUT2D eigenvalue weighted by Gasteiger charge is 2.35. The molecule has 0 saturated heterocycles. The fourth-order valence-corrected chi connectivity index (χ4v) is 7.05. The highest BCUT2D eigenvalue weighted by atomic mass is 16.3. The molecule has 0 radical (unpaired) electrons. The maximum absolute atomic E-state index is 9.93. The second kappa shape index (κ2) is 10.8. The third kappa shape index (κ3) is 4.11. The van der Waals surface area contributed by atoms with E-state index in [0.29, 0.717) is 0 Å². The molecule has 244 valence electrons. The molecule has 1 heterocycles. The summed E-state index contributed by atoms with van der Waals surface area (Å²) in [5.41, 5.74) is -7.44. The first-order valence-electron chi connectivity index (χ1n) is 29.9. The molecule has 1 aliphatic rings. The maximum atomic E-state index is 9.93. The van der Waals surface area contributed by atoms with Crippen LogP contribution in [0.2, 0.25) is 0 Å². The Morgan fingerprint density at radius 1 is 0.404 bits per heavy atom. The van der Waals surface area contributed by atoms with Gasteiger partial charge in [0.1, 0.15) is 11.2 Å². The Balaban J connectivity index is 1.33. The molecule has 1 aromatic heterocycles. The van der Waals surface area contributed by atoms with Crippen LogP contribution >= 0.6 is 0 Å². The van der Waals surface area contributed by atoms with Crippen LogP contribution in [0.25, 0.3) is 98.8 Å². The monoisotopic (exact) mass is 690 g/mol. The molecule has 0 fully saturated rings. The van der Waals surface area contributed by atoms with Crippen molar-refractivity contribution in [1.29, 1.82) is 0 Å².